The Morgan fingerprint density at radius 2 is 1.76 bits per heavy atom. The average Bonchev–Trinajstić information content (AvgIpc) is 3.30. The second-order valence-electron chi connectivity index (χ2n) is 9.12. The van der Waals surface area contributed by atoms with Gasteiger partial charge in [0.15, 0.2) is 5.78 Å². The molecule has 0 spiro atoms. The molecule has 0 unspecified atom stereocenters. The lowest BCUT2D eigenvalue weighted by Gasteiger charge is -2.33. The number of nitrogens with zero attached hydrogens (tertiary/aromatic N) is 3. The number of Topliss-reactive ketones (excluding diaryl/α,β-unsaturated/α-hetero) is 1. The molecule has 9 heteroatoms. The van der Waals surface area contributed by atoms with Crippen molar-refractivity contribution in [1.29, 1.82) is 0 Å². The lowest BCUT2D eigenvalue weighted by Crippen LogP contribution is -2.49. The van der Waals surface area contributed by atoms with Gasteiger partial charge in [0, 0.05) is 73.8 Å². The van der Waals surface area contributed by atoms with Gasteiger partial charge in [0.2, 0.25) is 0 Å². The second kappa shape index (κ2) is 10.9. The molecular weight excluding hydrogens is 477 g/mol. The SMILES string of the molecule is O=C1Cc2ccc(C(=O)CCN3CCN(C(=O)OCc4cncc(-c5ccc(F)cc5)c4)CC3)cc2O1. The number of ketones is 1. The number of esters is 1. The summed E-state index contributed by atoms with van der Waals surface area (Å²) < 4.78 is 23.8. The van der Waals surface area contributed by atoms with Crippen LogP contribution in [-0.4, -0.2) is 65.4 Å². The number of piperazine rings is 1. The Kier molecular flexibility index (Phi) is 7.23. The van der Waals surface area contributed by atoms with Crippen molar-refractivity contribution in [2.45, 2.75) is 19.4 Å². The summed E-state index contributed by atoms with van der Waals surface area (Å²) in [5.74, 6) is -0.141. The molecule has 8 nitrogen and oxygen atoms in total. The first-order valence-electron chi connectivity index (χ1n) is 12.2. The van der Waals surface area contributed by atoms with Crippen molar-refractivity contribution in [3.63, 3.8) is 0 Å². The van der Waals surface area contributed by atoms with E-state index in [1.807, 2.05) is 6.07 Å². The smallest absolute Gasteiger partial charge is 0.410 e. The number of pyridine rings is 1. The molecule has 3 aromatic rings. The zero-order chi connectivity index (χ0) is 25.8. The standard InChI is InChI=1S/C28H26FN3O5/c29-24-5-3-20(4-6-24)23-13-19(16-30-17-23)18-36-28(35)32-11-9-31(10-12-32)8-7-25(33)21-1-2-22-15-27(34)37-26(22)14-21/h1-6,13-14,16-17H,7-12,15,18H2. The Balaban J connectivity index is 1.06. The first-order valence-corrected chi connectivity index (χ1v) is 12.2. The molecule has 0 atom stereocenters. The van der Waals surface area contributed by atoms with Gasteiger partial charge in [-0.25, -0.2) is 9.18 Å². The van der Waals surface area contributed by atoms with Gasteiger partial charge < -0.3 is 14.4 Å². The Morgan fingerprint density at radius 3 is 2.54 bits per heavy atom. The summed E-state index contributed by atoms with van der Waals surface area (Å²) in [5.41, 5.74) is 3.73. The highest BCUT2D eigenvalue weighted by Gasteiger charge is 2.24. The van der Waals surface area contributed by atoms with Crippen LogP contribution in [0.15, 0.2) is 60.9 Å². The van der Waals surface area contributed by atoms with Gasteiger partial charge in [-0.15, -0.1) is 0 Å². The fraction of sp³-hybridized carbons (Fsp3) is 0.286. The fourth-order valence-electron chi connectivity index (χ4n) is 4.44. The molecule has 5 rings (SSSR count). The zero-order valence-corrected chi connectivity index (χ0v) is 20.2. The van der Waals surface area contributed by atoms with Crippen molar-refractivity contribution < 1.29 is 28.2 Å². The van der Waals surface area contributed by atoms with E-state index in [1.54, 1.807) is 47.6 Å². The van der Waals surface area contributed by atoms with Crippen molar-refractivity contribution in [3.8, 4) is 16.9 Å². The number of hydrogen-bond donors (Lipinski definition) is 0. The summed E-state index contributed by atoms with van der Waals surface area (Å²) in [6.45, 7) is 2.98. The number of fused-ring (bicyclic) bond motifs is 1. The molecular formula is C28H26FN3O5. The van der Waals surface area contributed by atoms with Crippen LogP contribution in [-0.2, 0) is 22.6 Å². The van der Waals surface area contributed by atoms with Gasteiger partial charge in [-0.05, 0) is 29.8 Å². The average molecular weight is 504 g/mol. The largest absolute Gasteiger partial charge is 0.444 e. The van der Waals surface area contributed by atoms with Crippen molar-refractivity contribution in [1.82, 2.24) is 14.8 Å². The van der Waals surface area contributed by atoms with Gasteiger partial charge in [-0.3, -0.25) is 19.5 Å². The number of carbonyl (C=O) groups excluding carboxylic acids is 3. The van der Waals surface area contributed by atoms with E-state index < -0.39 is 6.09 Å². The maximum absolute atomic E-state index is 13.2. The zero-order valence-electron chi connectivity index (χ0n) is 20.2. The van der Waals surface area contributed by atoms with Gasteiger partial charge in [0.25, 0.3) is 0 Å². The Bertz CT molecular complexity index is 1320. The molecule has 1 saturated heterocycles. The number of aromatic nitrogens is 1. The van der Waals surface area contributed by atoms with Crippen LogP contribution in [0.5, 0.6) is 5.75 Å². The van der Waals surface area contributed by atoms with E-state index in [4.69, 9.17) is 9.47 Å². The Labute approximate surface area is 213 Å². The van der Waals surface area contributed by atoms with E-state index in [-0.39, 0.29) is 30.6 Å². The van der Waals surface area contributed by atoms with E-state index in [9.17, 15) is 18.8 Å². The predicted octanol–water partition coefficient (Wildman–Crippen LogP) is 3.88. The fourth-order valence-corrected chi connectivity index (χ4v) is 4.44. The van der Waals surface area contributed by atoms with Crippen molar-refractivity contribution in [3.05, 3.63) is 83.4 Å². The van der Waals surface area contributed by atoms with Gasteiger partial charge in [0.1, 0.15) is 18.2 Å². The highest BCUT2D eigenvalue weighted by Crippen LogP contribution is 2.27. The molecule has 0 N–H and O–H groups in total. The summed E-state index contributed by atoms with van der Waals surface area (Å²) in [7, 11) is 0. The van der Waals surface area contributed by atoms with E-state index in [2.05, 4.69) is 9.88 Å². The monoisotopic (exact) mass is 503 g/mol. The highest BCUT2D eigenvalue weighted by atomic mass is 19.1. The van der Waals surface area contributed by atoms with Crippen LogP contribution in [0, 0.1) is 5.82 Å². The highest BCUT2D eigenvalue weighted by molar-refractivity contribution is 5.97. The summed E-state index contributed by atoms with van der Waals surface area (Å²) in [4.78, 5) is 44.6. The molecule has 1 fully saturated rings. The van der Waals surface area contributed by atoms with Crippen LogP contribution < -0.4 is 4.74 Å². The summed E-state index contributed by atoms with van der Waals surface area (Å²) in [6.07, 6.45) is 3.52. The first kappa shape index (κ1) is 24.6. The van der Waals surface area contributed by atoms with Gasteiger partial charge in [0.05, 0.1) is 6.42 Å². The normalized spacial score (nSPS) is 15.3. The number of hydrogen-bond acceptors (Lipinski definition) is 7. The number of benzene rings is 2. The number of ether oxygens (including phenoxy) is 2. The van der Waals surface area contributed by atoms with Gasteiger partial charge in [-0.1, -0.05) is 24.3 Å². The number of rotatable bonds is 7. The van der Waals surface area contributed by atoms with Crippen molar-refractivity contribution in [2.75, 3.05) is 32.7 Å². The molecule has 0 saturated carbocycles. The van der Waals surface area contributed by atoms with Crippen LogP contribution >= 0.6 is 0 Å². The third kappa shape index (κ3) is 6.00. The third-order valence-electron chi connectivity index (χ3n) is 6.57. The third-order valence-corrected chi connectivity index (χ3v) is 6.57. The number of carbonyl (C=O) groups is 3. The van der Waals surface area contributed by atoms with E-state index in [0.29, 0.717) is 50.5 Å². The van der Waals surface area contributed by atoms with Crippen LogP contribution in [0.2, 0.25) is 0 Å². The van der Waals surface area contributed by atoms with E-state index in [1.165, 1.54) is 12.1 Å². The Hall–Kier alpha value is -4.11. The quantitative estimate of drug-likeness (QED) is 0.275. The molecule has 2 aromatic carbocycles. The predicted molar refractivity (Wildman–Crippen MR) is 133 cm³/mol. The minimum atomic E-state index is -0.393. The topological polar surface area (TPSA) is 89.0 Å². The van der Waals surface area contributed by atoms with Gasteiger partial charge in [-0.2, -0.15) is 0 Å². The van der Waals surface area contributed by atoms with E-state index in [0.717, 1.165) is 22.3 Å². The van der Waals surface area contributed by atoms with Crippen LogP contribution in [0.4, 0.5) is 9.18 Å². The lowest BCUT2D eigenvalue weighted by atomic mass is 10.0. The minimum absolute atomic E-state index is 0.0101. The molecule has 190 valence electrons. The van der Waals surface area contributed by atoms with Crippen LogP contribution in [0.1, 0.15) is 27.9 Å². The lowest BCUT2D eigenvalue weighted by molar-refractivity contribution is -0.131. The molecule has 1 aromatic heterocycles. The first-order chi connectivity index (χ1) is 17.9. The van der Waals surface area contributed by atoms with E-state index >= 15 is 0 Å². The van der Waals surface area contributed by atoms with Crippen LogP contribution in [0.25, 0.3) is 11.1 Å². The van der Waals surface area contributed by atoms with Gasteiger partial charge >= 0.3 is 12.1 Å². The molecule has 37 heavy (non-hydrogen) atoms. The second-order valence-corrected chi connectivity index (χ2v) is 9.12. The molecule has 0 bridgehead atoms. The molecule has 3 heterocycles. The maximum atomic E-state index is 13.2. The molecule has 0 aliphatic carbocycles. The van der Waals surface area contributed by atoms with Crippen molar-refractivity contribution >= 4 is 17.8 Å². The maximum Gasteiger partial charge on any atom is 0.410 e. The van der Waals surface area contributed by atoms with Crippen LogP contribution in [0.3, 0.4) is 0 Å². The minimum Gasteiger partial charge on any atom is -0.444 e. The molecule has 2 aliphatic rings. The van der Waals surface area contributed by atoms with Crippen molar-refractivity contribution in [2.24, 2.45) is 0 Å². The summed E-state index contributed by atoms with van der Waals surface area (Å²) in [6, 6.07) is 13.2. The number of amides is 1. The molecule has 2 aliphatic heterocycles. The Morgan fingerprint density at radius 1 is 0.973 bits per heavy atom. The number of halogens is 1. The molecule has 0 radical (unpaired) electrons. The summed E-state index contributed by atoms with van der Waals surface area (Å²) in [5, 5.41) is 0. The summed E-state index contributed by atoms with van der Waals surface area (Å²) >= 11 is 0. The molecule has 1 amide bonds.